The Labute approximate surface area is 458 Å². The van der Waals surface area contributed by atoms with E-state index in [9.17, 15) is 35.1 Å². The Kier molecular flexibility index (Phi) is 48.5. The molecule has 8 atom stereocenters. The van der Waals surface area contributed by atoms with Crippen LogP contribution in [0, 0.1) is 0 Å². The van der Waals surface area contributed by atoms with Crippen LogP contribution in [0.15, 0.2) is 72.9 Å². The van der Waals surface area contributed by atoms with Crippen molar-refractivity contribution in [2.24, 2.45) is 0 Å². The zero-order valence-corrected chi connectivity index (χ0v) is 47.9. The fourth-order valence-electron chi connectivity index (χ4n) is 9.27. The van der Waals surface area contributed by atoms with Crippen molar-refractivity contribution in [1.82, 2.24) is 5.32 Å². The number of allylic oxidation sites excluding steroid dienone is 11. The van der Waals surface area contributed by atoms with Gasteiger partial charge in [0.15, 0.2) is 12.4 Å². The first-order chi connectivity index (χ1) is 36.7. The molecule has 1 aliphatic heterocycles. The summed E-state index contributed by atoms with van der Waals surface area (Å²) in [7, 11) is 0. The third-order valence-electron chi connectivity index (χ3n) is 14.1. The molecule has 11 heteroatoms. The van der Waals surface area contributed by atoms with E-state index in [4.69, 9.17) is 14.2 Å². The molecule has 6 N–H and O–H groups in total. The number of hydrogen-bond donors (Lipinski definition) is 6. The fraction of sp³-hybridized carbons (Fsp3) is 0.781. The van der Waals surface area contributed by atoms with Crippen molar-refractivity contribution >= 4 is 11.9 Å². The van der Waals surface area contributed by atoms with E-state index in [1.165, 1.54) is 109 Å². The smallest absolute Gasteiger partial charge is 0.306 e. The first-order valence-corrected chi connectivity index (χ1v) is 30.7. The Morgan fingerprint density at radius 1 is 0.533 bits per heavy atom. The van der Waals surface area contributed by atoms with Gasteiger partial charge in [0.25, 0.3) is 0 Å². The number of esters is 1. The van der Waals surface area contributed by atoms with Gasteiger partial charge >= 0.3 is 5.97 Å². The van der Waals surface area contributed by atoms with E-state index < -0.39 is 67.4 Å². The van der Waals surface area contributed by atoms with Crippen LogP contribution in [0.1, 0.15) is 258 Å². The molecule has 0 aromatic carbocycles. The lowest BCUT2D eigenvalue weighted by Crippen LogP contribution is -2.61. The fourth-order valence-corrected chi connectivity index (χ4v) is 9.27. The highest BCUT2D eigenvalue weighted by Gasteiger charge is 2.47. The molecule has 434 valence electrons. The van der Waals surface area contributed by atoms with Crippen LogP contribution in [0.2, 0.25) is 0 Å². The van der Waals surface area contributed by atoms with Crippen molar-refractivity contribution in [2.75, 3.05) is 13.2 Å². The van der Waals surface area contributed by atoms with Gasteiger partial charge < -0.3 is 45.1 Å². The molecule has 0 radical (unpaired) electrons. The van der Waals surface area contributed by atoms with Crippen molar-refractivity contribution in [1.29, 1.82) is 0 Å². The number of unbranched alkanes of at least 4 members (excludes halogenated alkanes) is 27. The molecule has 0 spiro atoms. The molecular weight excluding hydrogens is 943 g/mol. The summed E-state index contributed by atoms with van der Waals surface area (Å²) in [6.07, 6.45) is 55.1. The summed E-state index contributed by atoms with van der Waals surface area (Å²) >= 11 is 0. The molecule has 1 aliphatic rings. The number of carbonyl (C=O) groups excluding carboxylic acids is 2. The molecule has 0 aromatic heterocycles. The summed E-state index contributed by atoms with van der Waals surface area (Å²) in [6, 6.07) is -1.03. The molecule has 1 fully saturated rings. The topological polar surface area (TPSA) is 175 Å². The van der Waals surface area contributed by atoms with Crippen molar-refractivity contribution in [3.8, 4) is 0 Å². The Morgan fingerprint density at radius 2 is 0.960 bits per heavy atom. The summed E-state index contributed by atoms with van der Waals surface area (Å²) in [4.78, 5) is 26.5. The number of rotatable bonds is 51. The molecule has 0 saturated carbocycles. The van der Waals surface area contributed by atoms with Crippen LogP contribution in [0.5, 0.6) is 0 Å². The van der Waals surface area contributed by atoms with Gasteiger partial charge in [-0.2, -0.15) is 0 Å². The largest absolute Gasteiger partial charge is 0.454 e. The van der Waals surface area contributed by atoms with Gasteiger partial charge in [-0.25, -0.2) is 0 Å². The van der Waals surface area contributed by atoms with E-state index in [0.717, 1.165) is 103 Å². The van der Waals surface area contributed by atoms with Gasteiger partial charge in [-0.1, -0.05) is 254 Å². The SMILES string of the molecule is CC/C=C\C/C=C\C/C=C\C/C=C\C/C=C\CCCCCCCC(=O)OC1C(OCC(NC(=O)C(O)CCCCCCCCCCCCCCC)C(O)/C=C/CCCCCCCCCCCC)OC(CO)C(O)C1O. The lowest BCUT2D eigenvalue weighted by Gasteiger charge is -2.41. The van der Waals surface area contributed by atoms with Crippen LogP contribution < -0.4 is 5.32 Å². The summed E-state index contributed by atoms with van der Waals surface area (Å²) in [5, 5.41) is 56.9. The number of carbonyl (C=O) groups is 2. The third kappa shape index (κ3) is 40.0. The van der Waals surface area contributed by atoms with Gasteiger partial charge in [0.1, 0.15) is 24.4 Å². The second-order valence-corrected chi connectivity index (χ2v) is 21.1. The summed E-state index contributed by atoms with van der Waals surface area (Å²) in [6.45, 7) is 5.66. The second-order valence-electron chi connectivity index (χ2n) is 21.1. The molecular formula is C64H113NO10. The van der Waals surface area contributed by atoms with Crippen LogP contribution in [-0.2, 0) is 23.8 Å². The van der Waals surface area contributed by atoms with Crippen LogP contribution >= 0.6 is 0 Å². The zero-order valence-electron chi connectivity index (χ0n) is 47.9. The number of ether oxygens (including phenoxy) is 3. The maximum atomic E-state index is 13.4. The molecule has 1 amide bonds. The maximum Gasteiger partial charge on any atom is 0.306 e. The average Bonchev–Trinajstić information content (AvgIpc) is 3.41. The van der Waals surface area contributed by atoms with Gasteiger partial charge in [-0.15, -0.1) is 0 Å². The molecule has 0 aromatic rings. The number of hydrogen-bond acceptors (Lipinski definition) is 10. The Morgan fingerprint density at radius 3 is 1.44 bits per heavy atom. The van der Waals surface area contributed by atoms with E-state index in [0.29, 0.717) is 19.3 Å². The molecule has 8 unspecified atom stereocenters. The van der Waals surface area contributed by atoms with Gasteiger partial charge in [0.05, 0.1) is 25.4 Å². The number of nitrogens with one attached hydrogen (secondary N) is 1. The summed E-state index contributed by atoms with van der Waals surface area (Å²) in [5.74, 6) is -1.21. The summed E-state index contributed by atoms with van der Waals surface area (Å²) in [5.41, 5.74) is 0. The third-order valence-corrected chi connectivity index (χ3v) is 14.1. The van der Waals surface area contributed by atoms with Gasteiger partial charge in [-0.05, 0) is 70.6 Å². The van der Waals surface area contributed by atoms with Crippen LogP contribution in [0.3, 0.4) is 0 Å². The van der Waals surface area contributed by atoms with Crippen LogP contribution in [-0.4, -0.2) is 99.6 Å². The van der Waals surface area contributed by atoms with Crippen molar-refractivity contribution in [3.05, 3.63) is 72.9 Å². The van der Waals surface area contributed by atoms with Crippen LogP contribution in [0.4, 0.5) is 0 Å². The van der Waals surface area contributed by atoms with Gasteiger partial charge in [0, 0.05) is 6.42 Å². The highest BCUT2D eigenvalue weighted by atomic mass is 16.7. The first-order valence-electron chi connectivity index (χ1n) is 30.7. The van der Waals surface area contributed by atoms with E-state index in [1.54, 1.807) is 6.08 Å². The Bertz CT molecular complexity index is 1490. The lowest BCUT2D eigenvalue weighted by molar-refractivity contribution is -0.305. The molecule has 1 saturated heterocycles. The predicted molar refractivity (Wildman–Crippen MR) is 310 cm³/mol. The van der Waals surface area contributed by atoms with Gasteiger partial charge in [0.2, 0.25) is 5.91 Å². The molecule has 0 aliphatic carbocycles. The van der Waals surface area contributed by atoms with Gasteiger partial charge in [-0.3, -0.25) is 9.59 Å². The molecule has 0 bridgehead atoms. The molecule has 75 heavy (non-hydrogen) atoms. The highest BCUT2D eigenvalue weighted by molar-refractivity contribution is 5.80. The normalized spacial score (nSPS) is 19.7. The summed E-state index contributed by atoms with van der Waals surface area (Å²) < 4.78 is 17.6. The minimum absolute atomic E-state index is 0.0998. The maximum absolute atomic E-state index is 13.4. The van der Waals surface area contributed by atoms with E-state index in [-0.39, 0.29) is 13.0 Å². The molecule has 11 nitrogen and oxygen atoms in total. The average molecular weight is 1060 g/mol. The minimum atomic E-state index is -1.62. The van der Waals surface area contributed by atoms with Crippen molar-refractivity contribution in [3.63, 3.8) is 0 Å². The highest BCUT2D eigenvalue weighted by Crippen LogP contribution is 2.26. The number of aliphatic hydroxyl groups is 5. The van der Waals surface area contributed by atoms with Crippen molar-refractivity contribution < 1.29 is 49.3 Å². The van der Waals surface area contributed by atoms with E-state index in [1.807, 2.05) is 6.08 Å². The van der Waals surface area contributed by atoms with Crippen molar-refractivity contribution in [2.45, 2.75) is 307 Å². The van der Waals surface area contributed by atoms with Crippen LogP contribution in [0.25, 0.3) is 0 Å². The van der Waals surface area contributed by atoms with E-state index in [2.05, 4.69) is 86.8 Å². The quantitative estimate of drug-likeness (QED) is 0.0195. The Balaban J connectivity index is 2.68. The minimum Gasteiger partial charge on any atom is -0.454 e. The number of aliphatic hydroxyl groups excluding tert-OH is 5. The Hall–Kier alpha value is -2.90. The zero-order chi connectivity index (χ0) is 54.7. The predicted octanol–water partition coefficient (Wildman–Crippen LogP) is 14.4. The number of amides is 1. The molecule has 1 heterocycles. The second kappa shape index (κ2) is 51.8. The molecule has 1 rings (SSSR count). The first kappa shape index (κ1) is 70.1. The standard InChI is InChI=1S/C64H113NO10/c1-4-7-10-13-16-19-22-25-26-27-28-29-30-31-32-34-37-40-43-46-49-52-59(69)75-62-61(71)60(70)58(53-66)74-64(62)73-54-55(56(67)50-47-44-41-38-35-24-21-18-15-12-9-6-3)65-63(72)57(68)51-48-45-42-39-36-33-23-20-17-14-11-8-5-2/h7,10,16,19,25-26,28-29,31-32,47,50,55-58,60-62,64,66-68,70-71H,4-6,8-9,11-15,17-18,20-24,27,30,33-46,48-49,51-54H2,1-3H3,(H,65,72)/b10-7-,19-16-,26-25-,29-28-,32-31-,50-47+. The lowest BCUT2D eigenvalue weighted by atomic mass is 9.99. The van der Waals surface area contributed by atoms with E-state index >= 15 is 0 Å². The monoisotopic (exact) mass is 1060 g/mol.